The van der Waals surface area contributed by atoms with E-state index in [-0.39, 0.29) is 5.91 Å². The van der Waals surface area contributed by atoms with Gasteiger partial charge in [-0.05, 0) is 18.4 Å². The molecule has 0 unspecified atom stereocenters. The summed E-state index contributed by atoms with van der Waals surface area (Å²) in [5, 5.41) is 8.93. The van der Waals surface area contributed by atoms with Crippen LogP contribution in [0.3, 0.4) is 0 Å². The zero-order valence-corrected chi connectivity index (χ0v) is 12.9. The molecule has 22 heavy (non-hydrogen) atoms. The molecule has 1 amide bonds. The van der Waals surface area contributed by atoms with E-state index in [0.717, 1.165) is 25.2 Å². The minimum Gasteiger partial charge on any atom is -0.345 e. The van der Waals surface area contributed by atoms with E-state index in [0.29, 0.717) is 23.7 Å². The minimum absolute atomic E-state index is 0.0436. The van der Waals surface area contributed by atoms with E-state index in [9.17, 15) is 4.79 Å². The highest BCUT2D eigenvalue weighted by molar-refractivity contribution is 5.93. The molecule has 0 radical (unpaired) electrons. The van der Waals surface area contributed by atoms with Gasteiger partial charge in [-0.1, -0.05) is 0 Å². The second-order valence-corrected chi connectivity index (χ2v) is 5.92. The molecule has 1 aliphatic heterocycles. The molecule has 0 saturated heterocycles. The third kappa shape index (κ3) is 2.62. The summed E-state index contributed by atoms with van der Waals surface area (Å²) in [5.41, 5.74) is 1.07. The van der Waals surface area contributed by atoms with Crippen molar-refractivity contribution in [3.05, 3.63) is 41.7 Å². The Kier molecular flexibility index (Phi) is 3.72. The molecule has 0 N–H and O–H groups in total. The number of aromatic nitrogens is 3. The number of nitrogens with zero attached hydrogens (tertiary/aromatic N) is 5. The Morgan fingerprint density at radius 1 is 1.59 bits per heavy atom. The Balaban J connectivity index is 1.67. The van der Waals surface area contributed by atoms with Crippen molar-refractivity contribution in [2.75, 3.05) is 13.6 Å². The molecule has 2 aromatic heterocycles. The van der Waals surface area contributed by atoms with Gasteiger partial charge in [0.25, 0.3) is 5.91 Å². The van der Waals surface area contributed by atoms with E-state index in [1.54, 1.807) is 28.8 Å². The van der Waals surface area contributed by atoms with Crippen molar-refractivity contribution in [2.24, 2.45) is 13.0 Å². The standard InChI is InChI=1S/C16H19N5O/c1-19-11-13(9-17)7-14(19)16(22)20(2)10-12-3-5-21-6-4-18-15(21)8-12/h4,6-7,11-12H,3,5,8,10H2,1-2H3/t12-/m1/s1. The molecule has 1 atom stereocenters. The Bertz CT molecular complexity index is 736. The van der Waals surface area contributed by atoms with E-state index >= 15 is 0 Å². The van der Waals surface area contributed by atoms with E-state index in [1.165, 1.54) is 0 Å². The fourth-order valence-electron chi connectivity index (χ4n) is 3.08. The van der Waals surface area contributed by atoms with Crippen molar-refractivity contribution in [3.8, 4) is 6.07 Å². The predicted octanol–water partition coefficient (Wildman–Crippen LogP) is 1.43. The van der Waals surface area contributed by atoms with Crippen LogP contribution < -0.4 is 0 Å². The lowest BCUT2D eigenvalue weighted by atomic mass is 9.97. The van der Waals surface area contributed by atoms with E-state index < -0.39 is 0 Å². The number of imidazole rings is 1. The van der Waals surface area contributed by atoms with Crippen molar-refractivity contribution >= 4 is 5.91 Å². The van der Waals surface area contributed by atoms with Gasteiger partial charge in [-0.25, -0.2) is 4.98 Å². The average Bonchev–Trinajstić information content (AvgIpc) is 3.12. The molecule has 0 fully saturated rings. The lowest BCUT2D eigenvalue weighted by Crippen LogP contribution is -2.35. The van der Waals surface area contributed by atoms with Crippen LogP contribution in [0.15, 0.2) is 24.7 Å². The number of fused-ring (bicyclic) bond motifs is 1. The monoisotopic (exact) mass is 297 g/mol. The van der Waals surface area contributed by atoms with E-state index in [1.807, 2.05) is 19.4 Å². The first-order valence-corrected chi connectivity index (χ1v) is 7.40. The summed E-state index contributed by atoms with van der Waals surface area (Å²) in [6.07, 6.45) is 7.48. The third-order valence-corrected chi connectivity index (χ3v) is 4.28. The van der Waals surface area contributed by atoms with Gasteiger partial charge in [0.1, 0.15) is 17.6 Å². The van der Waals surface area contributed by atoms with Crippen LogP contribution in [-0.4, -0.2) is 38.5 Å². The van der Waals surface area contributed by atoms with Gasteiger partial charge in [0.05, 0.1) is 5.56 Å². The largest absolute Gasteiger partial charge is 0.345 e. The summed E-state index contributed by atoms with van der Waals surface area (Å²) in [7, 11) is 3.61. The van der Waals surface area contributed by atoms with Gasteiger partial charge < -0.3 is 14.0 Å². The molecular formula is C16H19N5O. The fraction of sp³-hybridized carbons (Fsp3) is 0.438. The molecule has 0 aliphatic carbocycles. The normalized spacial score (nSPS) is 16.9. The van der Waals surface area contributed by atoms with Crippen LogP contribution in [0.1, 0.15) is 28.3 Å². The van der Waals surface area contributed by atoms with Crippen molar-refractivity contribution in [1.82, 2.24) is 19.0 Å². The Morgan fingerprint density at radius 3 is 3.14 bits per heavy atom. The molecule has 1 aliphatic rings. The van der Waals surface area contributed by atoms with Gasteiger partial charge in [0, 0.05) is 52.2 Å². The Hall–Kier alpha value is -2.55. The SMILES string of the molecule is CN(C[C@@H]1CCn2ccnc2C1)C(=O)c1cc(C#N)cn1C. The number of aryl methyl sites for hydroxylation is 2. The second kappa shape index (κ2) is 5.68. The van der Waals surface area contributed by atoms with Crippen LogP contribution in [0, 0.1) is 17.2 Å². The number of rotatable bonds is 3. The topological polar surface area (TPSA) is 66.8 Å². The minimum atomic E-state index is -0.0436. The Morgan fingerprint density at radius 2 is 2.41 bits per heavy atom. The van der Waals surface area contributed by atoms with Gasteiger partial charge in [-0.15, -0.1) is 0 Å². The maximum atomic E-state index is 12.5. The molecule has 0 aromatic carbocycles. The van der Waals surface area contributed by atoms with Gasteiger partial charge in [-0.3, -0.25) is 4.79 Å². The summed E-state index contributed by atoms with van der Waals surface area (Å²) in [5.74, 6) is 1.49. The smallest absolute Gasteiger partial charge is 0.270 e. The van der Waals surface area contributed by atoms with Crippen LogP contribution >= 0.6 is 0 Å². The van der Waals surface area contributed by atoms with Crippen molar-refractivity contribution in [1.29, 1.82) is 5.26 Å². The molecular weight excluding hydrogens is 278 g/mol. The zero-order chi connectivity index (χ0) is 15.7. The summed E-state index contributed by atoms with van der Waals surface area (Å²) in [6, 6.07) is 3.71. The molecule has 0 spiro atoms. The quantitative estimate of drug-likeness (QED) is 0.860. The molecule has 2 aromatic rings. The third-order valence-electron chi connectivity index (χ3n) is 4.28. The number of carbonyl (C=O) groups is 1. The van der Waals surface area contributed by atoms with Crippen LogP contribution in [0.25, 0.3) is 0 Å². The number of carbonyl (C=O) groups excluding carboxylic acids is 1. The Labute approximate surface area is 129 Å². The summed E-state index contributed by atoms with van der Waals surface area (Å²) in [6.45, 7) is 1.67. The van der Waals surface area contributed by atoms with Crippen LogP contribution in [-0.2, 0) is 20.0 Å². The van der Waals surface area contributed by atoms with Crippen molar-refractivity contribution < 1.29 is 4.79 Å². The molecule has 6 nitrogen and oxygen atoms in total. The highest BCUT2D eigenvalue weighted by Gasteiger charge is 2.23. The first-order valence-electron chi connectivity index (χ1n) is 7.40. The zero-order valence-electron chi connectivity index (χ0n) is 12.9. The summed E-state index contributed by atoms with van der Waals surface area (Å²) >= 11 is 0. The van der Waals surface area contributed by atoms with Crippen LogP contribution in [0.5, 0.6) is 0 Å². The average molecular weight is 297 g/mol. The second-order valence-electron chi connectivity index (χ2n) is 5.92. The first-order chi connectivity index (χ1) is 10.6. The molecule has 0 bridgehead atoms. The summed E-state index contributed by atoms with van der Waals surface area (Å²) < 4.78 is 3.89. The maximum Gasteiger partial charge on any atom is 0.270 e. The fourth-order valence-corrected chi connectivity index (χ4v) is 3.08. The molecule has 6 heteroatoms. The highest BCUT2D eigenvalue weighted by atomic mass is 16.2. The van der Waals surface area contributed by atoms with Crippen LogP contribution in [0.4, 0.5) is 0 Å². The molecule has 0 saturated carbocycles. The number of hydrogen-bond donors (Lipinski definition) is 0. The van der Waals surface area contributed by atoms with Gasteiger partial charge in [0.15, 0.2) is 0 Å². The van der Waals surface area contributed by atoms with Gasteiger partial charge in [0.2, 0.25) is 0 Å². The lowest BCUT2D eigenvalue weighted by Gasteiger charge is -2.27. The summed E-state index contributed by atoms with van der Waals surface area (Å²) in [4.78, 5) is 18.7. The van der Waals surface area contributed by atoms with Gasteiger partial charge in [-0.2, -0.15) is 5.26 Å². The molecule has 3 heterocycles. The number of hydrogen-bond acceptors (Lipinski definition) is 3. The molecule has 114 valence electrons. The predicted molar refractivity (Wildman–Crippen MR) is 81.1 cm³/mol. The van der Waals surface area contributed by atoms with Crippen molar-refractivity contribution in [2.45, 2.75) is 19.4 Å². The maximum absolute atomic E-state index is 12.5. The number of amides is 1. The van der Waals surface area contributed by atoms with E-state index in [4.69, 9.17) is 5.26 Å². The van der Waals surface area contributed by atoms with Crippen LogP contribution in [0.2, 0.25) is 0 Å². The highest BCUT2D eigenvalue weighted by Crippen LogP contribution is 2.20. The first kappa shape index (κ1) is 14.4. The molecule has 3 rings (SSSR count). The lowest BCUT2D eigenvalue weighted by molar-refractivity contribution is 0.0754. The van der Waals surface area contributed by atoms with Crippen molar-refractivity contribution in [3.63, 3.8) is 0 Å². The van der Waals surface area contributed by atoms with E-state index in [2.05, 4.69) is 15.6 Å². The number of nitriles is 1. The van der Waals surface area contributed by atoms with Gasteiger partial charge >= 0.3 is 0 Å².